The largest absolute Gasteiger partial charge is 0.490 e. The summed E-state index contributed by atoms with van der Waals surface area (Å²) in [6.07, 6.45) is 12.5. The lowest BCUT2D eigenvalue weighted by Crippen LogP contribution is -2.45. The van der Waals surface area contributed by atoms with E-state index in [1.165, 1.54) is 0 Å². The molecule has 66 heavy (non-hydrogen) atoms. The van der Waals surface area contributed by atoms with Crippen molar-refractivity contribution in [3.63, 3.8) is 0 Å². The third kappa shape index (κ3) is 10.00. The number of hydrogen-bond donors (Lipinski definition) is 1. The van der Waals surface area contributed by atoms with Crippen LogP contribution in [0, 0.1) is 34.8 Å². The lowest BCUT2D eigenvalue weighted by Gasteiger charge is -2.37. The van der Waals surface area contributed by atoms with Crippen molar-refractivity contribution < 1.29 is 41.9 Å². The molecule has 1 N–H and O–H groups in total. The summed E-state index contributed by atoms with van der Waals surface area (Å²) in [5.41, 5.74) is 2.32. The van der Waals surface area contributed by atoms with Gasteiger partial charge in [0, 0.05) is 93.9 Å². The van der Waals surface area contributed by atoms with Crippen LogP contribution in [-0.4, -0.2) is 110 Å². The number of pyridine rings is 1. The molecule has 3 unspecified atom stereocenters. The van der Waals surface area contributed by atoms with Crippen LogP contribution in [0.25, 0.3) is 16.6 Å². The number of anilines is 1. The van der Waals surface area contributed by atoms with Gasteiger partial charge in [0.25, 0.3) is 6.02 Å². The number of ether oxygens (including phenoxy) is 3. The SMILES string of the molecule is CC1(C)CN=C(Nc2cc(F)c(Oc3ccnc4c3c(C3=CCN(C(=O)C5CC5CC5(C)OB(C6=CCN(C(=O)C7CC7)CC6)OC5(C)C)CC3)cn4COCC[Si](C)(C)C)c(F)c2)OC1. The number of rotatable bonds is 14. The molecule has 3 fully saturated rings. The van der Waals surface area contributed by atoms with Crippen LogP contribution in [0.2, 0.25) is 25.7 Å². The van der Waals surface area contributed by atoms with E-state index in [2.05, 4.69) is 62.9 Å². The van der Waals surface area contributed by atoms with Gasteiger partial charge in [0.05, 0.1) is 29.7 Å². The first-order valence-electron chi connectivity index (χ1n) is 23.7. The highest BCUT2D eigenvalue weighted by molar-refractivity contribution is 6.76. The topological polar surface area (TPSA) is 129 Å². The number of carbonyl (C=O) groups is 2. The summed E-state index contributed by atoms with van der Waals surface area (Å²) in [4.78, 5) is 39.7. The zero-order chi connectivity index (χ0) is 46.8. The molecule has 0 spiro atoms. The standard InChI is InChI=1S/C49H65BF2N6O7Si/c1-47(2)28-54-46(62-29-47)55-35-24-38(51)42(39(52)25-35)63-40-11-16-53-43-41(40)37(27-58(43)30-61-21-22-66(6,7)8)31-12-17-57(18-13-31)45(60)36-23-33(36)26-49(5)48(3,4)64-50(65-49)34-14-19-56(20-15-34)44(59)32-9-10-32/h11-12,14,16,24-25,27,32-33,36H,9-10,13,15,17-23,26,28-30H2,1-8H3,(H,54,55). The van der Waals surface area contributed by atoms with Gasteiger partial charge in [-0.05, 0) is 88.4 Å². The molecule has 17 heteroatoms. The molecule has 3 aromatic rings. The second-order valence-corrected chi connectivity index (χ2v) is 27.5. The molecule has 354 valence electrons. The Labute approximate surface area is 388 Å². The molecule has 6 aliphatic rings. The highest BCUT2D eigenvalue weighted by atomic mass is 28.3. The first-order valence-corrected chi connectivity index (χ1v) is 27.5. The minimum absolute atomic E-state index is 0.0905. The van der Waals surface area contributed by atoms with Crippen LogP contribution in [0.1, 0.15) is 78.7 Å². The van der Waals surface area contributed by atoms with Gasteiger partial charge in [0.2, 0.25) is 11.8 Å². The van der Waals surface area contributed by atoms with Crippen LogP contribution in [0.4, 0.5) is 14.5 Å². The Hall–Kier alpha value is -4.58. The van der Waals surface area contributed by atoms with Crippen molar-refractivity contribution in [1.29, 1.82) is 0 Å². The van der Waals surface area contributed by atoms with E-state index >= 15 is 8.78 Å². The van der Waals surface area contributed by atoms with Crippen LogP contribution in [0.15, 0.2) is 53.2 Å². The Bertz CT molecular complexity index is 2460. The summed E-state index contributed by atoms with van der Waals surface area (Å²) in [7, 11) is -1.80. The van der Waals surface area contributed by atoms with E-state index < -0.39 is 43.8 Å². The van der Waals surface area contributed by atoms with E-state index in [4.69, 9.17) is 28.5 Å². The van der Waals surface area contributed by atoms with Crippen LogP contribution in [0.3, 0.4) is 0 Å². The lowest BCUT2D eigenvalue weighted by molar-refractivity contribution is -0.133. The van der Waals surface area contributed by atoms with Gasteiger partial charge in [-0.3, -0.25) is 9.59 Å². The van der Waals surface area contributed by atoms with Crippen molar-refractivity contribution in [2.45, 2.75) is 117 Å². The molecule has 6 heterocycles. The van der Waals surface area contributed by atoms with Gasteiger partial charge in [0.1, 0.15) is 18.1 Å². The van der Waals surface area contributed by atoms with Crippen molar-refractivity contribution in [2.24, 2.45) is 28.2 Å². The highest BCUT2D eigenvalue weighted by Gasteiger charge is 2.59. The normalized spacial score (nSPS) is 25.0. The number of carbonyl (C=O) groups excluding carboxylic acids is 2. The molecule has 0 radical (unpaired) electrons. The van der Waals surface area contributed by atoms with Crippen molar-refractivity contribution in [3.05, 3.63) is 65.4 Å². The fourth-order valence-electron chi connectivity index (χ4n) is 9.39. The summed E-state index contributed by atoms with van der Waals surface area (Å²) in [6.45, 7) is 21.2. The van der Waals surface area contributed by atoms with Crippen molar-refractivity contribution in [2.75, 3.05) is 51.3 Å². The second kappa shape index (κ2) is 17.8. The Morgan fingerprint density at radius 1 is 0.985 bits per heavy atom. The number of hydrogen-bond acceptors (Lipinski definition) is 10. The third-order valence-corrected chi connectivity index (χ3v) is 15.9. The third-order valence-electron chi connectivity index (χ3n) is 14.2. The Morgan fingerprint density at radius 2 is 1.71 bits per heavy atom. The second-order valence-electron chi connectivity index (χ2n) is 21.9. The van der Waals surface area contributed by atoms with Crippen molar-refractivity contribution in [1.82, 2.24) is 19.4 Å². The molecule has 0 bridgehead atoms. The van der Waals surface area contributed by atoms with E-state index in [1.54, 1.807) is 12.3 Å². The minimum atomic E-state index is -1.34. The molecule has 2 aromatic heterocycles. The lowest BCUT2D eigenvalue weighted by atomic mass is 9.74. The maximum atomic E-state index is 15.8. The predicted octanol–water partition coefficient (Wildman–Crippen LogP) is 9.07. The van der Waals surface area contributed by atoms with E-state index in [0.29, 0.717) is 69.8 Å². The number of nitrogens with zero attached hydrogens (tertiary/aromatic N) is 5. The number of amides is 2. The molecule has 2 saturated carbocycles. The quantitative estimate of drug-likeness (QED) is 0.124. The molecule has 4 aliphatic heterocycles. The number of benzene rings is 1. The molecule has 9 rings (SSSR count). The fraction of sp³-hybridized carbons (Fsp3) is 0.592. The average molecular weight is 927 g/mol. The molecule has 1 saturated heterocycles. The zero-order valence-corrected chi connectivity index (χ0v) is 40.8. The number of amidine groups is 1. The zero-order valence-electron chi connectivity index (χ0n) is 39.8. The summed E-state index contributed by atoms with van der Waals surface area (Å²) in [6, 6.07) is 5.15. The van der Waals surface area contributed by atoms with Crippen LogP contribution < -0.4 is 10.1 Å². The van der Waals surface area contributed by atoms with Gasteiger partial charge >= 0.3 is 7.12 Å². The highest BCUT2D eigenvalue weighted by Crippen LogP contribution is 2.52. The first-order chi connectivity index (χ1) is 31.3. The van der Waals surface area contributed by atoms with E-state index in [1.807, 2.05) is 34.4 Å². The van der Waals surface area contributed by atoms with Gasteiger partial charge in [-0.2, -0.15) is 0 Å². The molecule has 2 amide bonds. The van der Waals surface area contributed by atoms with E-state index in [-0.39, 0.29) is 59.2 Å². The number of aromatic nitrogens is 2. The molecule has 2 aliphatic carbocycles. The van der Waals surface area contributed by atoms with Gasteiger partial charge in [0.15, 0.2) is 17.4 Å². The smallest absolute Gasteiger partial charge is 0.464 e. The van der Waals surface area contributed by atoms with Crippen molar-refractivity contribution in [3.8, 4) is 11.5 Å². The maximum Gasteiger partial charge on any atom is 0.490 e. The Balaban J connectivity index is 0.884. The molecular formula is C49H65BF2N6O7Si. The summed E-state index contributed by atoms with van der Waals surface area (Å²) < 4.78 is 64.7. The first kappa shape index (κ1) is 46.5. The van der Waals surface area contributed by atoms with E-state index in [0.717, 1.165) is 60.5 Å². The minimum Gasteiger partial charge on any atom is -0.464 e. The van der Waals surface area contributed by atoms with Gasteiger partial charge < -0.3 is 43.2 Å². The number of aliphatic imine (C=N–C) groups is 1. The average Bonchev–Trinajstić information content (AvgIpc) is 4.20. The number of fused-ring (bicyclic) bond motifs is 1. The summed E-state index contributed by atoms with van der Waals surface area (Å²) in [5.74, 6) is -1.37. The van der Waals surface area contributed by atoms with Crippen molar-refractivity contribution >= 4 is 55.3 Å². The van der Waals surface area contributed by atoms with E-state index in [9.17, 15) is 9.59 Å². The fourth-order valence-corrected chi connectivity index (χ4v) is 10.1. The molecule has 1 aromatic carbocycles. The van der Waals surface area contributed by atoms with Gasteiger partial charge in [-0.15, -0.1) is 0 Å². The number of halogens is 2. The molecule has 13 nitrogen and oxygen atoms in total. The Morgan fingerprint density at radius 3 is 2.36 bits per heavy atom. The van der Waals surface area contributed by atoms with Crippen LogP contribution in [-0.2, 0) is 35.1 Å². The molecular weight excluding hydrogens is 861 g/mol. The van der Waals surface area contributed by atoms with Gasteiger partial charge in [-0.25, -0.2) is 18.8 Å². The van der Waals surface area contributed by atoms with Crippen LogP contribution in [0.5, 0.6) is 11.5 Å². The van der Waals surface area contributed by atoms with Crippen LogP contribution >= 0.6 is 0 Å². The summed E-state index contributed by atoms with van der Waals surface area (Å²) in [5, 5.41) is 3.49. The Kier molecular flexibility index (Phi) is 12.6. The number of nitrogens with one attached hydrogen (secondary N) is 1. The summed E-state index contributed by atoms with van der Waals surface area (Å²) >= 11 is 0. The predicted molar refractivity (Wildman–Crippen MR) is 254 cm³/mol. The molecule has 3 atom stereocenters. The van der Waals surface area contributed by atoms with Gasteiger partial charge in [-0.1, -0.05) is 45.6 Å². The maximum absolute atomic E-state index is 15.8. The monoisotopic (exact) mass is 926 g/mol.